The van der Waals surface area contributed by atoms with Gasteiger partial charge < -0.3 is 0 Å². The third-order valence-electron chi connectivity index (χ3n) is 4.12. The quantitative estimate of drug-likeness (QED) is 0.397. The van der Waals surface area contributed by atoms with E-state index >= 15 is 0 Å². The Balaban J connectivity index is 1.99. The van der Waals surface area contributed by atoms with Crippen LogP contribution >= 0.6 is 0 Å². The molecule has 0 saturated heterocycles. The summed E-state index contributed by atoms with van der Waals surface area (Å²) in [5.74, 6) is 1.23. The SMILES string of the molecule is Cn1c2[n+](c3c1nc1cnccn13)Cc1ccccc1-2. The molecule has 5 heteroatoms. The summed E-state index contributed by atoms with van der Waals surface area (Å²) >= 11 is 0. The Bertz CT molecular complexity index is 992. The van der Waals surface area contributed by atoms with Crippen molar-refractivity contribution in [2.24, 2.45) is 7.05 Å². The third kappa shape index (κ3) is 1.02. The molecule has 0 fully saturated rings. The van der Waals surface area contributed by atoms with Gasteiger partial charge in [-0.2, -0.15) is 4.98 Å². The van der Waals surface area contributed by atoms with E-state index in [0.29, 0.717) is 0 Å². The summed E-state index contributed by atoms with van der Waals surface area (Å²) in [5, 5.41) is 0. The largest absolute Gasteiger partial charge is 0.295 e. The number of imidazole rings is 2. The molecule has 3 aromatic heterocycles. The van der Waals surface area contributed by atoms with Crippen LogP contribution < -0.4 is 4.57 Å². The Hall–Kier alpha value is -2.69. The fourth-order valence-electron chi connectivity index (χ4n) is 3.26. The summed E-state index contributed by atoms with van der Waals surface area (Å²) in [7, 11) is 2.08. The maximum atomic E-state index is 4.69. The first-order chi connectivity index (χ1) is 9.84. The van der Waals surface area contributed by atoms with E-state index in [2.05, 4.69) is 49.8 Å². The van der Waals surface area contributed by atoms with E-state index in [1.165, 1.54) is 17.0 Å². The second kappa shape index (κ2) is 3.25. The molecule has 0 N–H and O–H groups in total. The van der Waals surface area contributed by atoms with Gasteiger partial charge in [-0.25, -0.2) is 13.5 Å². The van der Waals surface area contributed by atoms with Crippen LogP contribution in [0.5, 0.6) is 0 Å². The lowest BCUT2D eigenvalue weighted by molar-refractivity contribution is -0.648. The van der Waals surface area contributed by atoms with E-state index in [1.807, 2.05) is 6.20 Å². The van der Waals surface area contributed by atoms with Crippen molar-refractivity contribution in [3.05, 3.63) is 48.4 Å². The van der Waals surface area contributed by atoms with Crippen molar-refractivity contribution in [1.82, 2.24) is 18.9 Å². The Morgan fingerprint density at radius 3 is 3.10 bits per heavy atom. The van der Waals surface area contributed by atoms with Crippen LogP contribution in [0.15, 0.2) is 42.9 Å². The number of hydrogen-bond acceptors (Lipinski definition) is 2. The Morgan fingerprint density at radius 1 is 1.25 bits per heavy atom. The van der Waals surface area contributed by atoms with E-state index in [0.717, 1.165) is 23.5 Å². The van der Waals surface area contributed by atoms with Crippen LogP contribution in [0, 0.1) is 0 Å². The smallest absolute Gasteiger partial charge is 0.256 e. The van der Waals surface area contributed by atoms with Crippen LogP contribution in [-0.4, -0.2) is 18.9 Å². The topological polar surface area (TPSA) is 39.0 Å². The van der Waals surface area contributed by atoms with Crippen LogP contribution in [-0.2, 0) is 13.6 Å². The van der Waals surface area contributed by atoms with Crippen LogP contribution in [0.3, 0.4) is 0 Å². The van der Waals surface area contributed by atoms with E-state index in [-0.39, 0.29) is 0 Å². The van der Waals surface area contributed by atoms with E-state index < -0.39 is 0 Å². The molecule has 5 nitrogen and oxygen atoms in total. The molecule has 0 radical (unpaired) electrons. The zero-order valence-corrected chi connectivity index (χ0v) is 11.0. The Morgan fingerprint density at radius 2 is 2.15 bits per heavy atom. The lowest BCUT2D eigenvalue weighted by Gasteiger charge is -1.95. The normalized spacial score (nSPS) is 13.1. The summed E-state index contributed by atoms with van der Waals surface area (Å²) in [4.78, 5) is 8.84. The predicted molar refractivity (Wildman–Crippen MR) is 74.2 cm³/mol. The first-order valence-corrected chi connectivity index (χ1v) is 6.63. The Kier molecular flexibility index (Phi) is 1.65. The third-order valence-corrected chi connectivity index (χ3v) is 4.12. The summed E-state index contributed by atoms with van der Waals surface area (Å²) in [6.07, 6.45) is 5.58. The fraction of sp³-hybridized carbons (Fsp3) is 0.133. The number of fused-ring (bicyclic) bond motifs is 7. The standard InChI is InChI=1S/C15H12N5/c1-18-13-15(19-7-6-16-8-12(19)17-13)20-9-10-4-2-3-5-11(10)14(18)20/h2-8H,9H2,1H3/q+1. The summed E-state index contributed by atoms with van der Waals surface area (Å²) in [5.41, 5.74) is 5.69. The van der Waals surface area contributed by atoms with Crippen molar-refractivity contribution in [2.75, 3.05) is 0 Å². The molecule has 0 atom stereocenters. The van der Waals surface area contributed by atoms with Gasteiger partial charge in [-0.1, -0.05) is 18.2 Å². The lowest BCUT2D eigenvalue weighted by Crippen LogP contribution is -2.32. The molecule has 0 aliphatic carbocycles. The molecule has 4 aromatic rings. The highest BCUT2D eigenvalue weighted by molar-refractivity contribution is 5.76. The van der Waals surface area contributed by atoms with Gasteiger partial charge in [0, 0.05) is 5.56 Å². The van der Waals surface area contributed by atoms with E-state index in [4.69, 9.17) is 4.98 Å². The van der Waals surface area contributed by atoms with Crippen molar-refractivity contribution < 1.29 is 4.57 Å². The number of aryl methyl sites for hydroxylation is 1. The number of benzene rings is 1. The average molecular weight is 262 g/mol. The monoisotopic (exact) mass is 262 g/mol. The van der Waals surface area contributed by atoms with Gasteiger partial charge in [0.1, 0.15) is 0 Å². The molecule has 0 saturated carbocycles. The van der Waals surface area contributed by atoms with Gasteiger partial charge in [-0.3, -0.25) is 4.98 Å². The van der Waals surface area contributed by atoms with Gasteiger partial charge in [0.15, 0.2) is 0 Å². The van der Waals surface area contributed by atoms with E-state index in [1.54, 1.807) is 12.4 Å². The van der Waals surface area contributed by atoms with Crippen molar-refractivity contribution in [2.45, 2.75) is 6.54 Å². The van der Waals surface area contributed by atoms with Crippen molar-refractivity contribution in [1.29, 1.82) is 0 Å². The predicted octanol–water partition coefficient (Wildman–Crippen LogP) is 1.54. The Labute approximate surface area is 114 Å². The van der Waals surface area contributed by atoms with Crippen LogP contribution in [0.4, 0.5) is 0 Å². The zero-order valence-electron chi connectivity index (χ0n) is 11.0. The van der Waals surface area contributed by atoms with Crippen LogP contribution in [0.25, 0.3) is 28.3 Å². The highest BCUT2D eigenvalue weighted by Crippen LogP contribution is 2.30. The first kappa shape index (κ1) is 10.1. The molecule has 96 valence electrons. The van der Waals surface area contributed by atoms with Gasteiger partial charge in [-0.05, 0) is 6.07 Å². The summed E-state index contributed by atoms with van der Waals surface area (Å²) in [6.45, 7) is 0.902. The van der Waals surface area contributed by atoms with Gasteiger partial charge in [0.2, 0.25) is 11.5 Å². The fourth-order valence-corrected chi connectivity index (χ4v) is 3.26. The molecular weight excluding hydrogens is 250 g/mol. The minimum absolute atomic E-state index is 0.888. The second-order valence-corrected chi connectivity index (χ2v) is 5.19. The minimum Gasteiger partial charge on any atom is -0.256 e. The maximum Gasteiger partial charge on any atom is 0.295 e. The highest BCUT2D eigenvalue weighted by atomic mass is 15.3. The van der Waals surface area contributed by atoms with Crippen LogP contribution in [0.2, 0.25) is 0 Å². The molecular formula is C15H12N5+. The number of aromatic nitrogens is 5. The van der Waals surface area contributed by atoms with Crippen molar-refractivity contribution >= 4 is 16.9 Å². The summed E-state index contributed by atoms with van der Waals surface area (Å²) in [6, 6.07) is 8.57. The summed E-state index contributed by atoms with van der Waals surface area (Å²) < 4.78 is 6.62. The van der Waals surface area contributed by atoms with Crippen molar-refractivity contribution in [3.8, 4) is 11.4 Å². The molecule has 0 unspecified atom stereocenters. The van der Waals surface area contributed by atoms with Crippen LogP contribution in [0.1, 0.15) is 5.56 Å². The lowest BCUT2D eigenvalue weighted by atomic mass is 10.1. The molecule has 5 rings (SSSR count). The van der Waals surface area contributed by atoms with Gasteiger partial charge >= 0.3 is 0 Å². The average Bonchev–Trinajstić information content (AvgIpc) is 3.10. The molecule has 0 spiro atoms. The van der Waals surface area contributed by atoms with Gasteiger partial charge in [0.05, 0.1) is 37.7 Å². The number of nitrogens with zero attached hydrogens (tertiary/aromatic N) is 5. The van der Waals surface area contributed by atoms with Crippen molar-refractivity contribution in [3.63, 3.8) is 0 Å². The molecule has 4 heterocycles. The maximum absolute atomic E-state index is 4.69. The number of hydrogen-bond donors (Lipinski definition) is 0. The highest BCUT2D eigenvalue weighted by Gasteiger charge is 2.33. The minimum atomic E-state index is 0.888. The zero-order chi connectivity index (χ0) is 13.3. The molecule has 20 heavy (non-hydrogen) atoms. The van der Waals surface area contributed by atoms with Gasteiger partial charge in [-0.15, -0.1) is 0 Å². The van der Waals surface area contributed by atoms with Gasteiger partial charge in [0.25, 0.3) is 11.3 Å². The van der Waals surface area contributed by atoms with E-state index in [9.17, 15) is 0 Å². The second-order valence-electron chi connectivity index (χ2n) is 5.19. The molecule has 1 aliphatic rings. The molecule has 0 amide bonds. The number of rotatable bonds is 0. The molecule has 1 aromatic carbocycles. The molecule has 1 aliphatic heterocycles. The molecule has 0 bridgehead atoms. The first-order valence-electron chi connectivity index (χ1n) is 6.63.